The van der Waals surface area contributed by atoms with Crippen LogP contribution < -0.4 is 26.8 Å². The molecule has 0 bridgehead atoms. The Balaban J connectivity index is 1.76. The lowest BCUT2D eigenvalue weighted by Gasteiger charge is -2.31. The molecular weight excluding hydrogens is 425 g/mol. The van der Waals surface area contributed by atoms with Gasteiger partial charge in [-0.25, -0.2) is 4.39 Å². The Hall–Kier alpha value is -3.42. The van der Waals surface area contributed by atoms with E-state index in [0.717, 1.165) is 11.3 Å². The van der Waals surface area contributed by atoms with E-state index in [1.54, 1.807) is 6.92 Å². The van der Waals surface area contributed by atoms with E-state index in [1.807, 2.05) is 47.6 Å². The van der Waals surface area contributed by atoms with Crippen molar-refractivity contribution in [3.05, 3.63) is 72.2 Å². The van der Waals surface area contributed by atoms with Crippen molar-refractivity contribution >= 4 is 23.0 Å². The summed E-state index contributed by atoms with van der Waals surface area (Å²) in [6.45, 7) is 13.3. The highest BCUT2D eigenvalue weighted by atomic mass is 19.1. The Kier molecular flexibility index (Phi) is 5.22. The normalized spacial score (nSPS) is 16.6. The lowest BCUT2D eigenvalue weighted by Crippen LogP contribution is -2.39. The van der Waals surface area contributed by atoms with Crippen molar-refractivity contribution in [3.63, 3.8) is 0 Å². The summed E-state index contributed by atoms with van der Waals surface area (Å²) in [5, 5.41) is 8.68. The summed E-state index contributed by atoms with van der Waals surface area (Å²) in [4.78, 5) is 37.5. The van der Waals surface area contributed by atoms with Gasteiger partial charge >= 0.3 is 0 Å². The average Bonchev–Trinajstić information content (AvgIpc) is 3.19. The fourth-order valence-electron chi connectivity index (χ4n) is 4.42. The molecule has 0 saturated carbocycles. The molecule has 0 saturated heterocycles. The zero-order valence-electron chi connectivity index (χ0n) is 19.8. The molecule has 4 rings (SSSR count). The van der Waals surface area contributed by atoms with E-state index in [9.17, 15) is 18.8 Å². The molecule has 7 nitrogen and oxygen atoms in total. The molecule has 1 unspecified atom stereocenters. The van der Waals surface area contributed by atoms with Gasteiger partial charge in [0.25, 0.3) is 16.8 Å². The minimum Gasteiger partial charge on any atom is -0.464 e. The fraction of sp³-hybridized carbons (Fsp3) is 0.400. The maximum absolute atomic E-state index is 14.9. The summed E-state index contributed by atoms with van der Waals surface area (Å²) in [5.41, 5.74) is 0.475. The van der Waals surface area contributed by atoms with Crippen LogP contribution in [0.3, 0.4) is 0 Å². The van der Waals surface area contributed by atoms with E-state index in [1.165, 1.54) is 6.07 Å². The molecule has 0 fully saturated rings. The molecular formula is C25H28FN3O4. The fourth-order valence-corrected chi connectivity index (χ4v) is 4.42. The smallest absolute Gasteiger partial charge is 0.254 e. The van der Waals surface area contributed by atoms with Crippen molar-refractivity contribution in [1.82, 2.24) is 5.32 Å². The van der Waals surface area contributed by atoms with Gasteiger partial charge in [-0.05, 0) is 61.9 Å². The van der Waals surface area contributed by atoms with E-state index in [4.69, 9.17) is 4.42 Å². The van der Waals surface area contributed by atoms with Crippen LogP contribution in [0.2, 0.25) is 0 Å². The van der Waals surface area contributed by atoms with Gasteiger partial charge in [0.1, 0.15) is 28.7 Å². The van der Waals surface area contributed by atoms with E-state index in [-0.39, 0.29) is 34.1 Å². The number of benzene rings is 1. The second kappa shape index (κ2) is 7.57. The van der Waals surface area contributed by atoms with Crippen LogP contribution in [0.5, 0.6) is 0 Å². The van der Waals surface area contributed by atoms with Gasteiger partial charge in [0.2, 0.25) is 0 Å². The van der Waals surface area contributed by atoms with Crippen LogP contribution in [-0.4, -0.2) is 5.91 Å². The number of hydrogen-bond donors (Lipinski definition) is 3. The molecule has 3 N–H and O–H groups in total. The molecule has 2 atom stereocenters. The maximum atomic E-state index is 14.9. The zero-order valence-corrected chi connectivity index (χ0v) is 19.8. The minimum atomic E-state index is -0.767. The number of rotatable bonds is 5. The highest BCUT2D eigenvalue weighted by Crippen LogP contribution is 2.40. The molecule has 2 heterocycles. The summed E-state index contributed by atoms with van der Waals surface area (Å²) in [6, 6.07) is 2.51. The molecule has 0 radical (unpaired) electrons. The van der Waals surface area contributed by atoms with Crippen molar-refractivity contribution in [2.75, 3.05) is 10.6 Å². The van der Waals surface area contributed by atoms with Crippen LogP contribution in [0.4, 0.5) is 21.5 Å². The van der Waals surface area contributed by atoms with Crippen molar-refractivity contribution in [2.24, 2.45) is 5.41 Å². The minimum absolute atomic E-state index is 0.0480. The lowest BCUT2D eigenvalue weighted by atomic mass is 9.84. The van der Waals surface area contributed by atoms with E-state index in [2.05, 4.69) is 16.0 Å². The van der Waals surface area contributed by atoms with Crippen molar-refractivity contribution in [2.45, 2.75) is 60.5 Å². The molecule has 1 aliphatic rings. The van der Waals surface area contributed by atoms with Gasteiger partial charge in [-0.15, -0.1) is 0 Å². The van der Waals surface area contributed by atoms with Crippen LogP contribution in [0.1, 0.15) is 78.3 Å². The second-order valence-electron chi connectivity index (χ2n) is 9.90. The molecule has 0 spiro atoms. The number of amides is 1. The van der Waals surface area contributed by atoms with E-state index in [0.29, 0.717) is 16.9 Å². The monoisotopic (exact) mass is 453 g/mol. The quantitative estimate of drug-likeness (QED) is 0.485. The second-order valence-corrected chi connectivity index (χ2v) is 9.90. The highest BCUT2D eigenvalue weighted by molar-refractivity contribution is 6.05. The largest absolute Gasteiger partial charge is 0.464 e. The number of carbonyl (C=O) groups excluding carboxylic acids is 1. The van der Waals surface area contributed by atoms with Crippen LogP contribution in [0, 0.1) is 32.0 Å². The zero-order chi connectivity index (χ0) is 24.4. The Morgan fingerprint density at radius 2 is 1.64 bits per heavy atom. The molecule has 0 aliphatic carbocycles. The molecule has 8 heteroatoms. The Morgan fingerprint density at radius 3 is 2.21 bits per heavy atom. The van der Waals surface area contributed by atoms with Crippen LogP contribution >= 0.6 is 0 Å². The Morgan fingerprint density at radius 1 is 1.00 bits per heavy atom. The number of carbonyl (C=O) groups is 1. The molecule has 1 aliphatic heterocycles. The predicted octanol–water partition coefficient (Wildman–Crippen LogP) is 4.69. The van der Waals surface area contributed by atoms with Gasteiger partial charge in [0.05, 0.1) is 23.3 Å². The number of halogens is 1. The molecule has 2 aromatic carbocycles. The van der Waals surface area contributed by atoms with Gasteiger partial charge in [-0.1, -0.05) is 20.8 Å². The third kappa shape index (κ3) is 3.63. The first-order valence-electron chi connectivity index (χ1n) is 10.9. The third-order valence-electron chi connectivity index (χ3n) is 6.32. The summed E-state index contributed by atoms with van der Waals surface area (Å²) in [6.07, 6.45) is 0. The Labute approximate surface area is 191 Å². The summed E-state index contributed by atoms with van der Waals surface area (Å²) in [5.74, 6) is 0.304. The standard InChI is InChI=1S/C25H28FN3O4/c1-10-9-15(33-13(10)4)23(25(5,6)7)29-20-19(21(30)22(20)31)28-18-14(26)8-11(2)16-12(3)27-24(32)17(16)18/h8-9,12,23,28-29H,1-7H3,(H,27,32)/t12?,23-/m0/s1. The van der Waals surface area contributed by atoms with E-state index >= 15 is 0 Å². The van der Waals surface area contributed by atoms with Crippen LogP contribution in [0.15, 0.2) is 26.1 Å². The number of hydrogen-bond acceptors (Lipinski definition) is 6. The summed E-state index contributed by atoms with van der Waals surface area (Å²) >= 11 is 0. The first kappa shape index (κ1) is 22.8. The van der Waals surface area contributed by atoms with Crippen LogP contribution in [-0.2, 0) is 0 Å². The molecule has 174 valence electrons. The molecule has 1 amide bonds. The first-order chi connectivity index (χ1) is 15.3. The van der Waals surface area contributed by atoms with E-state index < -0.39 is 28.6 Å². The van der Waals surface area contributed by atoms with Crippen molar-refractivity contribution in [3.8, 4) is 0 Å². The summed E-state index contributed by atoms with van der Waals surface area (Å²) in [7, 11) is 0. The van der Waals surface area contributed by atoms with Gasteiger partial charge in [-0.3, -0.25) is 14.4 Å². The first-order valence-corrected chi connectivity index (χ1v) is 10.9. The average molecular weight is 454 g/mol. The number of aryl methyl sites for hydroxylation is 3. The van der Waals surface area contributed by atoms with Gasteiger partial charge in [0, 0.05) is 0 Å². The SMILES string of the molecule is Cc1cc([C@H](Nc2c(Nc3c(F)cc(C)c4c3C(=O)NC4C)c(=O)c2=O)C(C)(C)C)oc1C. The number of nitrogens with one attached hydrogen (secondary N) is 3. The van der Waals surface area contributed by atoms with Crippen molar-refractivity contribution in [1.29, 1.82) is 0 Å². The van der Waals surface area contributed by atoms with Gasteiger partial charge in [0.15, 0.2) is 0 Å². The molecule has 1 aromatic heterocycles. The number of fused-ring (bicyclic) bond motifs is 1. The van der Waals surface area contributed by atoms with Crippen molar-refractivity contribution < 1.29 is 13.6 Å². The van der Waals surface area contributed by atoms with Gasteiger partial charge < -0.3 is 20.4 Å². The number of furan rings is 1. The third-order valence-corrected chi connectivity index (χ3v) is 6.32. The Bertz CT molecular complexity index is 1340. The predicted molar refractivity (Wildman–Crippen MR) is 126 cm³/mol. The highest BCUT2D eigenvalue weighted by Gasteiger charge is 2.36. The lowest BCUT2D eigenvalue weighted by molar-refractivity contribution is 0.0959. The maximum Gasteiger partial charge on any atom is 0.254 e. The molecule has 3 aromatic rings. The summed E-state index contributed by atoms with van der Waals surface area (Å²) < 4.78 is 20.8. The molecule has 33 heavy (non-hydrogen) atoms. The topological polar surface area (TPSA) is 100 Å². The number of anilines is 3. The van der Waals surface area contributed by atoms with Gasteiger partial charge in [-0.2, -0.15) is 0 Å². The van der Waals surface area contributed by atoms with Crippen LogP contribution in [0.25, 0.3) is 0 Å².